The first-order chi connectivity index (χ1) is 53.3. The number of hydrogen-bond acceptors (Lipinski definition) is 22. The molecule has 39 heteroatoms. The van der Waals surface area contributed by atoms with Crippen LogP contribution in [0, 0.1) is 11.3 Å². The molecule has 13 atom stereocenters. The van der Waals surface area contributed by atoms with Crippen molar-refractivity contribution >= 4 is 136 Å². The zero-order valence-corrected chi connectivity index (χ0v) is 67.0. The van der Waals surface area contributed by atoms with Crippen LogP contribution in [0.25, 0.3) is 0 Å². The van der Waals surface area contributed by atoms with E-state index in [0.717, 1.165) is 79.2 Å². The van der Waals surface area contributed by atoms with Crippen LogP contribution in [0.5, 0.6) is 0 Å². The van der Waals surface area contributed by atoms with E-state index in [1.807, 2.05) is 5.32 Å². The van der Waals surface area contributed by atoms with Gasteiger partial charge in [-0.2, -0.15) is 23.5 Å². The number of imide groups is 1. The molecular weight excluding hydrogens is 1520 g/mol. The Morgan fingerprint density at radius 3 is 1.51 bits per heavy atom. The Morgan fingerprint density at radius 2 is 1.01 bits per heavy atom. The van der Waals surface area contributed by atoms with Gasteiger partial charge in [0.1, 0.15) is 66.5 Å². The van der Waals surface area contributed by atoms with Gasteiger partial charge in [0.05, 0.1) is 31.6 Å². The highest BCUT2D eigenvalue weighted by Crippen LogP contribution is 2.36. The van der Waals surface area contributed by atoms with Crippen molar-refractivity contribution in [1.29, 1.82) is 0 Å². The zero-order valence-electron chi connectivity index (χ0n) is 64.5. The molecule has 6 rings (SSSR count). The molecule has 2 bridgehead atoms. The molecule has 0 saturated carbocycles. The summed E-state index contributed by atoms with van der Waals surface area (Å²) in [6, 6.07) is -21.1. The van der Waals surface area contributed by atoms with Gasteiger partial charge >= 0.3 is 23.9 Å². The summed E-state index contributed by atoms with van der Waals surface area (Å²) in [7, 11) is 0. The molecule has 6 fully saturated rings. The molecule has 0 radical (unpaired) electrons. The SMILES string of the molecule is CCCCCCCCCCCCCCCCCC(=O)N[C@H]1C[C@H]2C(=O)NC(CCC(N)=O)C(=O)N[C@H]3CSCC4(COC4)CSC[C@@H](NC(=O)C(CCC(=O)O)NC(=O)NC(=O)C([C@@H](C)O)NC(=O)[C@@H](CCC(=O)O)NC(=O)[C@@H]4CSCN4C(=O)[C@@H](CC(=O)O)NC3=O)C(=O)N[C@@H](CC(C)C)C(=O)N3CCC[C@@H]3C(=O)N2C1. The molecule has 36 nitrogen and oxygen atoms in total. The molecule has 15 amide bonds. The minimum atomic E-state index is -2.09. The van der Waals surface area contributed by atoms with Gasteiger partial charge in [-0.25, -0.2) is 4.79 Å². The van der Waals surface area contributed by atoms with Crippen LogP contribution in [0.3, 0.4) is 0 Å². The lowest BCUT2D eigenvalue weighted by Crippen LogP contribution is -2.62. The first-order valence-corrected chi connectivity index (χ1v) is 42.6. The zero-order chi connectivity index (χ0) is 82.2. The van der Waals surface area contributed by atoms with E-state index in [9.17, 15) is 73.2 Å². The summed E-state index contributed by atoms with van der Waals surface area (Å²) in [4.78, 5) is 243. The number of aliphatic hydroxyl groups is 1. The van der Waals surface area contributed by atoms with Gasteiger partial charge in [0.2, 0.25) is 70.9 Å². The van der Waals surface area contributed by atoms with E-state index in [2.05, 4.69) is 54.8 Å². The van der Waals surface area contributed by atoms with Crippen LogP contribution < -0.4 is 58.9 Å². The quantitative estimate of drug-likeness (QED) is 0.0413. The predicted octanol–water partition coefficient (Wildman–Crippen LogP) is 0.221. The maximum atomic E-state index is 15.5. The van der Waals surface area contributed by atoms with Crippen LogP contribution in [0.4, 0.5) is 4.79 Å². The number of nitrogens with zero attached hydrogens (tertiary/aromatic N) is 3. The number of nitrogens with one attached hydrogen (secondary N) is 10. The Labute approximate surface area is 665 Å². The fourth-order valence-electron chi connectivity index (χ4n) is 14.3. The molecular formula is C73H116N14O22S3. The second-order valence-corrected chi connectivity index (χ2v) is 33.5. The Morgan fingerprint density at radius 1 is 0.518 bits per heavy atom. The summed E-state index contributed by atoms with van der Waals surface area (Å²) in [5, 5.41) is 65.3. The second kappa shape index (κ2) is 47.0. The molecule has 0 aromatic rings. The Balaban J connectivity index is 1.41. The van der Waals surface area contributed by atoms with Crippen LogP contribution in [-0.4, -0.2) is 275 Å². The van der Waals surface area contributed by atoms with Crippen LogP contribution in [0.1, 0.15) is 201 Å². The van der Waals surface area contributed by atoms with Crippen LogP contribution >= 0.6 is 35.3 Å². The summed E-state index contributed by atoms with van der Waals surface area (Å²) >= 11 is 3.14. The average Bonchev–Trinajstić information content (AvgIpc) is 1.48. The number of carboxylic acids is 3. The predicted molar refractivity (Wildman–Crippen MR) is 412 cm³/mol. The lowest BCUT2D eigenvalue weighted by atomic mass is 9.91. The number of unbranched alkanes of at least 4 members (excludes halogenated alkanes) is 14. The largest absolute Gasteiger partial charge is 0.481 e. The van der Waals surface area contributed by atoms with E-state index < -0.39 is 224 Å². The number of aliphatic hydroxyl groups excluding tert-OH is 1. The van der Waals surface area contributed by atoms with E-state index in [1.165, 1.54) is 67.6 Å². The minimum absolute atomic E-state index is 0.0226. The highest BCUT2D eigenvalue weighted by Gasteiger charge is 2.49. The maximum absolute atomic E-state index is 15.5. The summed E-state index contributed by atoms with van der Waals surface area (Å²) in [5.74, 6) is -19.0. The molecule has 6 aliphatic rings. The van der Waals surface area contributed by atoms with Gasteiger partial charge in [-0.3, -0.25) is 82.0 Å². The number of thioether (sulfide) groups is 3. The topological polar surface area (TPSA) is 536 Å². The van der Waals surface area contributed by atoms with E-state index in [0.29, 0.717) is 6.42 Å². The standard InChI is InChI=1S/C73H116N14O22S3/c1-5-6-7-8-9-10-11-12-13-14-15-16-17-18-19-22-56(90)75-44-31-53-66(102)76-45(23-26-55(74)89)61(97)80-51-35-111-40-73(37-109-38-73)39-110-34-50(64(100)78-48(30-42(2)3)69(105)85-29-20-21-52(85)71(107)86(53)33-44)81-62(98)47(25-28-58(93)94)82-72(108)84-68(104)60(43(4)88)83-63(99)46(24-27-57(91)92)77-67(103)54-36-112-41-87(54)70(106)49(32-59(95)96)79-65(51)101/h42-54,60,88H,5-41H2,1-4H3,(H2,74,89)(H,75,90)(H,76,102)(H,77,103)(H,78,100)(H,79,101)(H,80,97)(H,81,98)(H,83,99)(H,91,92)(H,93,94)(H,95,96)(H2,82,84,104,108)/t43-,44+,45?,46-,47?,48+,49-,50-,51+,52-,53+,54+,60?/m1/s1. The normalized spacial score (nSPS) is 26.9. The Hall–Kier alpha value is -8.04. The van der Waals surface area contributed by atoms with Crippen molar-refractivity contribution in [1.82, 2.24) is 67.9 Å². The van der Waals surface area contributed by atoms with E-state index in [4.69, 9.17) is 10.5 Å². The van der Waals surface area contributed by atoms with Gasteiger partial charge in [0, 0.05) is 79.0 Å². The first kappa shape index (κ1) is 92.8. The van der Waals surface area contributed by atoms with Crippen molar-refractivity contribution in [2.24, 2.45) is 17.1 Å². The summed E-state index contributed by atoms with van der Waals surface area (Å²) in [6.45, 7) is 6.59. The third-order valence-corrected chi connectivity index (χ3v) is 24.3. The number of aliphatic carboxylic acids is 3. The fourth-order valence-corrected chi connectivity index (χ4v) is 18.1. The number of rotatable bonds is 31. The number of primary amides is 1. The number of carboxylic acid groups (broad SMARTS) is 3. The molecule has 6 saturated heterocycles. The number of amides is 15. The third kappa shape index (κ3) is 30.1. The molecule has 628 valence electrons. The lowest BCUT2D eigenvalue weighted by molar-refractivity contribution is -0.148. The van der Waals surface area contributed by atoms with Crippen molar-refractivity contribution in [3.8, 4) is 0 Å². The fraction of sp³-hybridized carbons (Fsp3) is 0.767. The molecule has 1 spiro atoms. The number of carbonyl (C=O) groups is 17. The molecule has 0 aliphatic carbocycles. The summed E-state index contributed by atoms with van der Waals surface area (Å²) in [6.07, 6.45) is 9.93. The van der Waals surface area contributed by atoms with E-state index >= 15 is 28.8 Å². The number of ether oxygens (including phenoxy) is 1. The first-order valence-electron chi connectivity index (χ1n) is 39.2. The number of nitrogens with two attached hydrogens (primary N) is 1. The molecule has 0 aromatic carbocycles. The van der Waals surface area contributed by atoms with Crippen molar-refractivity contribution in [3.63, 3.8) is 0 Å². The van der Waals surface area contributed by atoms with Crippen LogP contribution in [0.15, 0.2) is 0 Å². The molecule has 6 heterocycles. The number of hydrogen-bond donors (Lipinski definition) is 15. The monoisotopic (exact) mass is 1640 g/mol. The minimum Gasteiger partial charge on any atom is -0.481 e. The molecule has 3 unspecified atom stereocenters. The van der Waals surface area contributed by atoms with E-state index in [-0.39, 0.29) is 105 Å². The van der Waals surface area contributed by atoms with Gasteiger partial charge in [0.15, 0.2) is 0 Å². The number of fused-ring (bicyclic) bond motifs is 9. The smallest absolute Gasteiger partial charge is 0.322 e. The van der Waals surface area contributed by atoms with Crippen molar-refractivity contribution in [2.45, 2.75) is 280 Å². The Bertz CT molecular complexity index is 3320. The van der Waals surface area contributed by atoms with Crippen LogP contribution in [0.2, 0.25) is 0 Å². The highest BCUT2D eigenvalue weighted by atomic mass is 32.2. The van der Waals surface area contributed by atoms with Crippen molar-refractivity contribution < 1.29 is 107 Å². The van der Waals surface area contributed by atoms with Crippen LogP contribution in [-0.2, 0) is 81.4 Å². The van der Waals surface area contributed by atoms with Gasteiger partial charge < -0.3 is 93.4 Å². The second-order valence-electron chi connectivity index (χ2n) is 30.4. The summed E-state index contributed by atoms with van der Waals surface area (Å²) in [5.41, 5.74) is 4.83. The highest BCUT2D eigenvalue weighted by molar-refractivity contribution is 8.00. The lowest BCUT2D eigenvalue weighted by Gasteiger charge is -2.41. The third-order valence-electron chi connectivity index (χ3n) is 20.5. The Kier molecular flexibility index (Phi) is 38.9. The van der Waals surface area contributed by atoms with Gasteiger partial charge in [-0.1, -0.05) is 111 Å². The maximum Gasteiger partial charge on any atom is 0.322 e. The van der Waals surface area contributed by atoms with Crippen molar-refractivity contribution in [3.05, 3.63) is 0 Å². The molecule has 6 aliphatic heterocycles. The molecule has 0 aromatic heterocycles. The average molecular weight is 1640 g/mol. The molecule has 16 N–H and O–H groups in total. The number of carbonyl (C=O) groups excluding carboxylic acids is 14. The van der Waals surface area contributed by atoms with Gasteiger partial charge in [-0.15, -0.1) is 11.8 Å². The molecule has 112 heavy (non-hydrogen) atoms. The summed E-state index contributed by atoms with van der Waals surface area (Å²) < 4.78 is 5.71. The van der Waals surface area contributed by atoms with Gasteiger partial charge in [0.25, 0.3) is 5.91 Å². The number of urea groups is 1. The van der Waals surface area contributed by atoms with E-state index in [1.54, 1.807) is 13.8 Å². The van der Waals surface area contributed by atoms with Gasteiger partial charge in [-0.05, 0) is 64.2 Å². The van der Waals surface area contributed by atoms with Crippen molar-refractivity contribution in [2.75, 3.05) is 60.9 Å².